The summed E-state index contributed by atoms with van der Waals surface area (Å²) in [6, 6.07) is 11.3. The van der Waals surface area contributed by atoms with E-state index >= 15 is 0 Å². The number of nitrogens with two attached hydrogens (primary N) is 1. The molecule has 2 aromatic rings. The molecule has 1 amide bonds. The Bertz CT molecular complexity index is 698. The van der Waals surface area contributed by atoms with Gasteiger partial charge in [0.05, 0.1) is 24.9 Å². The predicted octanol–water partition coefficient (Wildman–Crippen LogP) is 1.43. The van der Waals surface area contributed by atoms with Crippen LogP contribution >= 0.6 is 0 Å². The predicted molar refractivity (Wildman–Crippen MR) is 91.4 cm³/mol. The first kappa shape index (κ1) is 16.7. The van der Waals surface area contributed by atoms with Crippen molar-refractivity contribution < 1.29 is 9.53 Å². The van der Waals surface area contributed by atoms with Crippen LogP contribution in [0.5, 0.6) is 0 Å². The summed E-state index contributed by atoms with van der Waals surface area (Å²) in [4.78, 5) is 14.2. The molecular weight excluding hydrogens is 304 g/mol. The Kier molecular flexibility index (Phi) is 4.97. The molecule has 2 atom stereocenters. The van der Waals surface area contributed by atoms with Gasteiger partial charge in [-0.25, -0.2) is 0 Å². The molecule has 2 heterocycles. The van der Waals surface area contributed by atoms with Crippen molar-refractivity contribution in [1.82, 2.24) is 14.7 Å². The van der Waals surface area contributed by atoms with Crippen LogP contribution in [0.3, 0.4) is 0 Å². The SMILES string of the molecule is Cc1cc(C)n(C[C@H]2CN([C@H](C(N)=O)c3ccccc3)CCO2)n1. The molecule has 0 bridgehead atoms. The first-order valence-electron chi connectivity index (χ1n) is 8.25. The average molecular weight is 328 g/mol. The molecule has 2 N–H and O–H groups in total. The van der Waals surface area contributed by atoms with E-state index in [9.17, 15) is 4.79 Å². The summed E-state index contributed by atoms with van der Waals surface area (Å²) < 4.78 is 7.85. The Hall–Kier alpha value is -2.18. The van der Waals surface area contributed by atoms with Gasteiger partial charge in [-0.05, 0) is 25.5 Å². The minimum atomic E-state index is -0.418. The molecule has 6 nitrogen and oxygen atoms in total. The number of ether oxygens (including phenoxy) is 1. The van der Waals surface area contributed by atoms with Crippen LogP contribution in [0.1, 0.15) is 23.0 Å². The fourth-order valence-corrected chi connectivity index (χ4v) is 3.33. The van der Waals surface area contributed by atoms with E-state index in [1.165, 1.54) is 0 Å². The van der Waals surface area contributed by atoms with Crippen molar-refractivity contribution in [2.24, 2.45) is 5.73 Å². The normalized spacial score (nSPS) is 20.0. The topological polar surface area (TPSA) is 73.4 Å². The molecule has 24 heavy (non-hydrogen) atoms. The molecular formula is C18H24N4O2. The van der Waals surface area contributed by atoms with Crippen LogP contribution in [-0.4, -0.2) is 46.4 Å². The first-order valence-corrected chi connectivity index (χ1v) is 8.25. The summed E-state index contributed by atoms with van der Waals surface area (Å²) in [5.74, 6) is -0.326. The Morgan fingerprint density at radius 1 is 1.38 bits per heavy atom. The highest BCUT2D eigenvalue weighted by atomic mass is 16.5. The third-order valence-corrected chi connectivity index (χ3v) is 4.40. The fourth-order valence-electron chi connectivity index (χ4n) is 3.33. The van der Waals surface area contributed by atoms with Gasteiger partial charge in [-0.1, -0.05) is 30.3 Å². The van der Waals surface area contributed by atoms with Gasteiger partial charge in [-0.15, -0.1) is 0 Å². The van der Waals surface area contributed by atoms with Crippen LogP contribution in [0.25, 0.3) is 0 Å². The lowest BCUT2D eigenvalue weighted by Gasteiger charge is -2.37. The lowest BCUT2D eigenvalue weighted by molar-refractivity contribution is -0.127. The van der Waals surface area contributed by atoms with Crippen molar-refractivity contribution in [2.75, 3.05) is 19.7 Å². The summed E-state index contributed by atoms with van der Waals surface area (Å²) in [5.41, 5.74) is 8.73. The Labute approximate surface area is 142 Å². The van der Waals surface area contributed by atoms with Crippen molar-refractivity contribution in [3.8, 4) is 0 Å². The van der Waals surface area contributed by atoms with Gasteiger partial charge in [0.25, 0.3) is 0 Å². The lowest BCUT2D eigenvalue weighted by Crippen LogP contribution is -2.49. The molecule has 1 aliphatic heterocycles. The second kappa shape index (κ2) is 7.15. The maximum Gasteiger partial charge on any atom is 0.239 e. The van der Waals surface area contributed by atoms with E-state index in [1.54, 1.807) is 0 Å². The first-order chi connectivity index (χ1) is 11.5. The van der Waals surface area contributed by atoms with Gasteiger partial charge < -0.3 is 10.5 Å². The molecule has 6 heteroatoms. The third-order valence-electron chi connectivity index (χ3n) is 4.40. The Morgan fingerprint density at radius 2 is 2.12 bits per heavy atom. The highest BCUT2D eigenvalue weighted by Crippen LogP contribution is 2.23. The van der Waals surface area contributed by atoms with Gasteiger partial charge in [-0.2, -0.15) is 5.10 Å². The molecule has 0 spiro atoms. The summed E-state index contributed by atoms with van der Waals surface area (Å²) >= 11 is 0. The van der Waals surface area contributed by atoms with Crippen molar-refractivity contribution in [3.05, 3.63) is 53.3 Å². The fraction of sp³-hybridized carbons (Fsp3) is 0.444. The number of nitrogens with zero attached hydrogens (tertiary/aromatic N) is 3. The highest BCUT2D eigenvalue weighted by molar-refractivity contribution is 5.81. The van der Waals surface area contributed by atoms with Crippen LogP contribution < -0.4 is 5.73 Å². The van der Waals surface area contributed by atoms with Crippen LogP contribution in [0.15, 0.2) is 36.4 Å². The van der Waals surface area contributed by atoms with Crippen molar-refractivity contribution in [3.63, 3.8) is 0 Å². The maximum absolute atomic E-state index is 12.0. The Morgan fingerprint density at radius 3 is 2.75 bits per heavy atom. The molecule has 1 fully saturated rings. The van der Waals surface area contributed by atoms with Gasteiger partial charge >= 0.3 is 0 Å². The van der Waals surface area contributed by atoms with Crippen molar-refractivity contribution in [1.29, 1.82) is 0 Å². The zero-order valence-electron chi connectivity index (χ0n) is 14.2. The van der Waals surface area contributed by atoms with Gasteiger partial charge in [0, 0.05) is 18.8 Å². The molecule has 0 radical (unpaired) electrons. The monoisotopic (exact) mass is 328 g/mol. The van der Waals surface area contributed by atoms with E-state index in [1.807, 2.05) is 48.9 Å². The number of hydrogen-bond acceptors (Lipinski definition) is 4. The molecule has 0 aliphatic carbocycles. The number of amides is 1. The van der Waals surface area contributed by atoms with E-state index in [0.29, 0.717) is 26.2 Å². The van der Waals surface area contributed by atoms with E-state index in [0.717, 1.165) is 17.0 Å². The minimum absolute atomic E-state index is 0.0117. The lowest BCUT2D eigenvalue weighted by atomic mass is 10.0. The number of primary amides is 1. The summed E-state index contributed by atoms with van der Waals surface area (Å²) in [7, 11) is 0. The molecule has 1 aromatic heterocycles. The standard InChI is InChI=1S/C18H24N4O2/c1-13-10-14(2)22(20-13)12-16-11-21(8-9-24-16)17(18(19)23)15-6-4-3-5-7-15/h3-7,10,16-17H,8-9,11-12H2,1-2H3,(H2,19,23)/t16-,17+/m1/s1. The van der Waals surface area contributed by atoms with Gasteiger partial charge in [0.2, 0.25) is 5.91 Å². The zero-order chi connectivity index (χ0) is 17.1. The van der Waals surface area contributed by atoms with Crippen LogP contribution in [0.4, 0.5) is 0 Å². The van der Waals surface area contributed by atoms with E-state index in [2.05, 4.69) is 16.1 Å². The smallest absolute Gasteiger partial charge is 0.239 e. The second-order valence-electron chi connectivity index (χ2n) is 6.31. The second-order valence-corrected chi connectivity index (χ2v) is 6.31. The maximum atomic E-state index is 12.0. The van der Waals surface area contributed by atoms with Crippen LogP contribution in [0.2, 0.25) is 0 Å². The summed E-state index contributed by atoms with van der Waals surface area (Å²) in [6.45, 7) is 6.63. The number of carbonyl (C=O) groups excluding carboxylic acids is 1. The number of hydrogen-bond donors (Lipinski definition) is 1. The number of rotatable bonds is 5. The average Bonchev–Trinajstić information content (AvgIpc) is 2.86. The van der Waals surface area contributed by atoms with Gasteiger partial charge in [-0.3, -0.25) is 14.4 Å². The highest BCUT2D eigenvalue weighted by Gasteiger charge is 2.31. The third kappa shape index (κ3) is 3.66. The molecule has 0 saturated carbocycles. The number of aromatic nitrogens is 2. The molecule has 1 aliphatic rings. The molecule has 1 saturated heterocycles. The number of morpholine rings is 1. The number of benzene rings is 1. The van der Waals surface area contributed by atoms with E-state index < -0.39 is 6.04 Å². The van der Waals surface area contributed by atoms with Gasteiger partial charge in [0.15, 0.2) is 0 Å². The van der Waals surface area contributed by atoms with Crippen LogP contribution in [-0.2, 0) is 16.1 Å². The van der Waals surface area contributed by atoms with E-state index in [4.69, 9.17) is 10.5 Å². The van der Waals surface area contributed by atoms with Crippen molar-refractivity contribution >= 4 is 5.91 Å². The van der Waals surface area contributed by atoms with E-state index in [-0.39, 0.29) is 12.0 Å². The quantitative estimate of drug-likeness (QED) is 0.901. The minimum Gasteiger partial charge on any atom is -0.374 e. The Balaban J connectivity index is 1.74. The number of aryl methyl sites for hydroxylation is 2. The van der Waals surface area contributed by atoms with Crippen molar-refractivity contribution in [2.45, 2.75) is 32.5 Å². The molecule has 3 rings (SSSR count). The molecule has 1 aromatic carbocycles. The molecule has 128 valence electrons. The zero-order valence-corrected chi connectivity index (χ0v) is 14.2. The molecule has 0 unspecified atom stereocenters. The summed E-state index contributed by atoms with van der Waals surface area (Å²) in [6.07, 6.45) is -0.0117. The number of carbonyl (C=O) groups is 1. The summed E-state index contributed by atoms with van der Waals surface area (Å²) in [5, 5.41) is 4.49. The van der Waals surface area contributed by atoms with Gasteiger partial charge in [0.1, 0.15) is 6.04 Å². The van der Waals surface area contributed by atoms with Crippen LogP contribution in [0, 0.1) is 13.8 Å². The largest absolute Gasteiger partial charge is 0.374 e.